The molecule has 3 rings (SSSR count). The Kier molecular flexibility index (Phi) is 7.24. The van der Waals surface area contributed by atoms with Crippen LogP contribution in [0.1, 0.15) is 40.5 Å². The van der Waals surface area contributed by atoms with E-state index in [1.165, 1.54) is 6.92 Å². The van der Waals surface area contributed by atoms with Gasteiger partial charge < -0.3 is 15.0 Å². The predicted octanol–water partition coefficient (Wildman–Crippen LogP) is 3.50. The van der Waals surface area contributed by atoms with E-state index in [4.69, 9.17) is 4.74 Å². The van der Waals surface area contributed by atoms with Crippen molar-refractivity contribution in [3.05, 3.63) is 63.2 Å². The highest BCUT2D eigenvalue weighted by atomic mass is 127. The number of likely N-dealkylation sites (tertiary alicyclic amines) is 1. The highest BCUT2D eigenvalue weighted by Gasteiger charge is 2.25. The molecule has 1 aliphatic heterocycles. The van der Waals surface area contributed by atoms with Crippen molar-refractivity contribution >= 4 is 40.4 Å². The number of nitrogens with zero attached hydrogens (tertiary/aromatic N) is 1. The summed E-state index contributed by atoms with van der Waals surface area (Å²) in [4.78, 5) is 38.1. The third kappa shape index (κ3) is 5.79. The van der Waals surface area contributed by atoms with E-state index in [0.29, 0.717) is 36.9 Å². The molecule has 1 N–H and O–H groups in total. The highest BCUT2D eigenvalue weighted by molar-refractivity contribution is 14.1. The molecule has 6 nitrogen and oxygen atoms in total. The summed E-state index contributed by atoms with van der Waals surface area (Å²) in [7, 11) is 0. The van der Waals surface area contributed by atoms with Crippen molar-refractivity contribution in [1.82, 2.24) is 10.2 Å². The second kappa shape index (κ2) is 9.87. The molecule has 0 aliphatic carbocycles. The van der Waals surface area contributed by atoms with Gasteiger partial charge in [0, 0.05) is 35.7 Å². The van der Waals surface area contributed by atoms with E-state index in [1.54, 1.807) is 24.3 Å². The lowest BCUT2D eigenvalue weighted by molar-refractivity contribution is -0.131. The zero-order valence-electron chi connectivity index (χ0n) is 16.2. The van der Waals surface area contributed by atoms with E-state index in [1.807, 2.05) is 29.2 Å². The topological polar surface area (TPSA) is 75.7 Å². The summed E-state index contributed by atoms with van der Waals surface area (Å²) in [5.74, 6) is 0.132. The molecule has 0 radical (unpaired) electrons. The second-order valence-electron chi connectivity index (χ2n) is 7.05. The quantitative estimate of drug-likeness (QED) is 0.383. The number of piperidine rings is 1. The molecular formula is C22H23IN2O4. The van der Waals surface area contributed by atoms with Crippen LogP contribution in [-0.4, -0.2) is 42.3 Å². The van der Waals surface area contributed by atoms with Gasteiger partial charge in [0.15, 0.2) is 0 Å². The van der Waals surface area contributed by atoms with E-state index in [2.05, 4.69) is 27.9 Å². The number of esters is 1. The molecule has 2 aromatic carbocycles. The van der Waals surface area contributed by atoms with Gasteiger partial charge in [0.05, 0.1) is 5.56 Å². The van der Waals surface area contributed by atoms with Crippen LogP contribution < -0.4 is 10.1 Å². The largest absolute Gasteiger partial charge is 0.427 e. The summed E-state index contributed by atoms with van der Waals surface area (Å²) in [5, 5.41) is 2.95. The van der Waals surface area contributed by atoms with Crippen molar-refractivity contribution < 1.29 is 19.1 Å². The standard InChI is InChI=1S/C22H23IN2O4/c1-15(26)29-18-6-4-5-17(13-18)21(27)24-14-16-9-11-25(12-10-16)22(28)19-7-2-3-8-20(19)23/h2-8,13,16H,9-12,14H2,1H3,(H,24,27). The lowest BCUT2D eigenvalue weighted by Gasteiger charge is -2.32. The van der Waals surface area contributed by atoms with Crippen LogP contribution in [0.5, 0.6) is 5.75 Å². The SMILES string of the molecule is CC(=O)Oc1cccc(C(=O)NCC2CCN(C(=O)c3ccccc3I)CC2)c1. The monoisotopic (exact) mass is 506 g/mol. The molecular weight excluding hydrogens is 483 g/mol. The number of benzene rings is 2. The van der Waals surface area contributed by atoms with Gasteiger partial charge in [0.2, 0.25) is 0 Å². The number of amides is 2. The van der Waals surface area contributed by atoms with Crippen LogP contribution in [-0.2, 0) is 4.79 Å². The van der Waals surface area contributed by atoms with E-state index in [9.17, 15) is 14.4 Å². The van der Waals surface area contributed by atoms with E-state index in [0.717, 1.165) is 22.0 Å². The van der Waals surface area contributed by atoms with E-state index >= 15 is 0 Å². The summed E-state index contributed by atoms with van der Waals surface area (Å²) < 4.78 is 5.98. The Labute approximate surface area is 183 Å². The molecule has 152 valence electrons. The van der Waals surface area contributed by atoms with Crippen LogP contribution in [0.3, 0.4) is 0 Å². The van der Waals surface area contributed by atoms with Crippen LogP contribution in [0.2, 0.25) is 0 Å². The number of carbonyl (C=O) groups is 3. The molecule has 1 saturated heterocycles. The van der Waals surface area contributed by atoms with Gasteiger partial charge in [-0.3, -0.25) is 14.4 Å². The predicted molar refractivity (Wildman–Crippen MR) is 118 cm³/mol. The number of rotatable bonds is 5. The lowest BCUT2D eigenvalue weighted by Crippen LogP contribution is -2.41. The lowest BCUT2D eigenvalue weighted by atomic mass is 9.96. The average Bonchev–Trinajstić information content (AvgIpc) is 2.72. The third-order valence-electron chi connectivity index (χ3n) is 4.92. The summed E-state index contributed by atoms with van der Waals surface area (Å²) in [6, 6.07) is 14.2. The number of hydrogen-bond donors (Lipinski definition) is 1. The molecule has 0 bridgehead atoms. The number of nitrogens with one attached hydrogen (secondary N) is 1. The Balaban J connectivity index is 1.49. The fraction of sp³-hybridized carbons (Fsp3) is 0.318. The second-order valence-corrected chi connectivity index (χ2v) is 8.21. The summed E-state index contributed by atoms with van der Waals surface area (Å²) >= 11 is 2.19. The first-order chi connectivity index (χ1) is 13.9. The van der Waals surface area contributed by atoms with Gasteiger partial charge in [-0.2, -0.15) is 0 Å². The summed E-state index contributed by atoms with van der Waals surface area (Å²) in [6.45, 7) is 3.25. The Morgan fingerprint density at radius 2 is 1.83 bits per heavy atom. The highest BCUT2D eigenvalue weighted by Crippen LogP contribution is 2.21. The van der Waals surface area contributed by atoms with Gasteiger partial charge in [-0.05, 0) is 71.7 Å². The number of ether oxygens (including phenoxy) is 1. The fourth-order valence-corrected chi connectivity index (χ4v) is 3.97. The van der Waals surface area contributed by atoms with Crippen molar-refractivity contribution in [3.63, 3.8) is 0 Å². The first kappa shape index (κ1) is 21.3. The molecule has 0 aromatic heterocycles. The maximum atomic E-state index is 12.7. The zero-order valence-corrected chi connectivity index (χ0v) is 18.3. The van der Waals surface area contributed by atoms with Gasteiger partial charge in [0.25, 0.3) is 11.8 Å². The van der Waals surface area contributed by atoms with E-state index in [-0.39, 0.29) is 11.8 Å². The third-order valence-corrected chi connectivity index (χ3v) is 5.86. The number of halogens is 1. The van der Waals surface area contributed by atoms with Crippen LogP contribution in [0.25, 0.3) is 0 Å². The van der Waals surface area contributed by atoms with Crippen molar-refractivity contribution in [2.45, 2.75) is 19.8 Å². The Hall–Kier alpha value is -2.42. The van der Waals surface area contributed by atoms with Gasteiger partial charge in [-0.25, -0.2) is 0 Å². The Morgan fingerprint density at radius 1 is 1.10 bits per heavy atom. The van der Waals surface area contributed by atoms with Crippen molar-refractivity contribution in [1.29, 1.82) is 0 Å². The van der Waals surface area contributed by atoms with Crippen molar-refractivity contribution in [2.24, 2.45) is 5.92 Å². The van der Waals surface area contributed by atoms with Gasteiger partial charge in [-0.15, -0.1) is 0 Å². The normalized spacial score (nSPS) is 14.3. The fourth-order valence-electron chi connectivity index (χ4n) is 3.35. The molecule has 0 spiro atoms. The molecule has 1 fully saturated rings. The van der Waals surface area contributed by atoms with Crippen LogP contribution >= 0.6 is 22.6 Å². The molecule has 2 aromatic rings. The zero-order chi connectivity index (χ0) is 20.8. The first-order valence-electron chi connectivity index (χ1n) is 9.54. The molecule has 7 heteroatoms. The van der Waals surface area contributed by atoms with Gasteiger partial charge >= 0.3 is 5.97 Å². The van der Waals surface area contributed by atoms with Gasteiger partial charge in [0.1, 0.15) is 5.75 Å². The number of carbonyl (C=O) groups excluding carboxylic acids is 3. The average molecular weight is 506 g/mol. The minimum Gasteiger partial charge on any atom is -0.427 e. The molecule has 1 heterocycles. The minimum absolute atomic E-state index is 0.0692. The summed E-state index contributed by atoms with van der Waals surface area (Å²) in [6.07, 6.45) is 1.70. The minimum atomic E-state index is -0.422. The number of hydrogen-bond acceptors (Lipinski definition) is 4. The van der Waals surface area contributed by atoms with Crippen LogP contribution in [0.15, 0.2) is 48.5 Å². The van der Waals surface area contributed by atoms with Crippen molar-refractivity contribution in [2.75, 3.05) is 19.6 Å². The molecule has 0 saturated carbocycles. The maximum Gasteiger partial charge on any atom is 0.308 e. The Bertz CT molecular complexity index is 907. The first-order valence-corrected chi connectivity index (χ1v) is 10.6. The molecule has 2 amide bonds. The molecule has 29 heavy (non-hydrogen) atoms. The summed E-state index contributed by atoms with van der Waals surface area (Å²) in [5.41, 5.74) is 1.20. The molecule has 0 atom stereocenters. The van der Waals surface area contributed by atoms with Crippen LogP contribution in [0.4, 0.5) is 0 Å². The van der Waals surface area contributed by atoms with Gasteiger partial charge in [-0.1, -0.05) is 18.2 Å². The maximum absolute atomic E-state index is 12.7. The Morgan fingerprint density at radius 3 is 2.52 bits per heavy atom. The van der Waals surface area contributed by atoms with Crippen LogP contribution in [0, 0.1) is 9.49 Å². The van der Waals surface area contributed by atoms with E-state index < -0.39 is 5.97 Å². The molecule has 0 unspecified atom stereocenters. The smallest absolute Gasteiger partial charge is 0.308 e. The van der Waals surface area contributed by atoms with Crippen molar-refractivity contribution in [3.8, 4) is 5.75 Å². The molecule has 1 aliphatic rings.